The average Bonchev–Trinajstić information content (AvgIpc) is 3.31. The van der Waals surface area contributed by atoms with Crippen LogP contribution in [-0.4, -0.2) is 58.7 Å². The van der Waals surface area contributed by atoms with Gasteiger partial charge in [0.1, 0.15) is 6.54 Å². The average molecular weight is 387 g/mol. The predicted molar refractivity (Wildman–Crippen MR) is 90.6 cm³/mol. The minimum absolute atomic E-state index is 0.00725. The van der Waals surface area contributed by atoms with Crippen molar-refractivity contribution in [3.63, 3.8) is 0 Å². The maximum Gasteiger partial charge on any atom is 0.435 e. The molecule has 2 N–H and O–H groups in total. The Labute approximate surface area is 155 Å². The molecular weight excluding hydrogens is 363 g/mol. The van der Waals surface area contributed by atoms with E-state index in [1.807, 2.05) is 0 Å². The molecule has 0 aliphatic carbocycles. The molecule has 0 bridgehead atoms. The first-order chi connectivity index (χ1) is 12.8. The summed E-state index contributed by atoms with van der Waals surface area (Å²) in [6, 6.07) is 0.729. The van der Waals surface area contributed by atoms with Crippen molar-refractivity contribution >= 4 is 11.8 Å². The van der Waals surface area contributed by atoms with Crippen molar-refractivity contribution in [2.75, 3.05) is 26.2 Å². The van der Waals surface area contributed by atoms with Gasteiger partial charge in [0.15, 0.2) is 5.69 Å². The van der Waals surface area contributed by atoms with Gasteiger partial charge in [-0.05, 0) is 44.2 Å². The summed E-state index contributed by atoms with van der Waals surface area (Å²) in [5, 5.41) is 9.51. The Hall–Kier alpha value is -2.10. The number of likely N-dealkylation sites (tertiary alicyclic amines) is 1. The molecule has 27 heavy (non-hydrogen) atoms. The number of nitrogens with zero attached hydrogens (tertiary/aromatic N) is 3. The van der Waals surface area contributed by atoms with Gasteiger partial charge in [0.25, 0.3) is 0 Å². The van der Waals surface area contributed by atoms with Crippen LogP contribution in [0.2, 0.25) is 0 Å². The van der Waals surface area contributed by atoms with Crippen molar-refractivity contribution in [2.45, 2.75) is 44.4 Å². The molecule has 3 rings (SSSR count). The molecule has 3 heterocycles. The number of hydrogen-bond donors (Lipinski definition) is 2. The van der Waals surface area contributed by atoms with Crippen molar-refractivity contribution < 1.29 is 22.8 Å². The number of alkyl halides is 3. The number of rotatable bonds is 5. The lowest BCUT2D eigenvalue weighted by atomic mass is 9.97. The number of nitrogens with one attached hydrogen (secondary N) is 2. The third-order valence-corrected chi connectivity index (χ3v) is 5.04. The zero-order valence-electron chi connectivity index (χ0n) is 15.0. The van der Waals surface area contributed by atoms with Crippen LogP contribution < -0.4 is 10.6 Å². The highest BCUT2D eigenvalue weighted by atomic mass is 19.4. The van der Waals surface area contributed by atoms with E-state index >= 15 is 0 Å². The van der Waals surface area contributed by atoms with Gasteiger partial charge < -0.3 is 15.5 Å². The van der Waals surface area contributed by atoms with Crippen LogP contribution in [0.15, 0.2) is 12.3 Å². The Morgan fingerprint density at radius 3 is 2.78 bits per heavy atom. The lowest BCUT2D eigenvalue weighted by Crippen LogP contribution is -2.47. The van der Waals surface area contributed by atoms with E-state index in [1.54, 1.807) is 4.90 Å². The van der Waals surface area contributed by atoms with Gasteiger partial charge in [-0.15, -0.1) is 0 Å². The third kappa shape index (κ3) is 5.21. The monoisotopic (exact) mass is 387 g/mol. The summed E-state index contributed by atoms with van der Waals surface area (Å²) in [5.74, 6) is -0.121. The van der Waals surface area contributed by atoms with E-state index in [2.05, 4.69) is 15.7 Å². The summed E-state index contributed by atoms with van der Waals surface area (Å²) in [4.78, 5) is 26.1. The quantitative estimate of drug-likeness (QED) is 0.790. The van der Waals surface area contributed by atoms with E-state index in [0.29, 0.717) is 19.6 Å². The molecule has 2 atom stereocenters. The molecule has 0 aromatic carbocycles. The minimum atomic E-state index is -4.52. The molecule has 2 aliphatic heterocycles. The van der Waals surface area contributed by atoms with Crippen molar-refractivity contribution in [2.24, 2.45) is 5.92 Å². The largest absolute Gasteiger partial charge is 0.435 e. The lowest BCUT2D eigenvalue weighted by molar-refractivity contribution is -0.142. The fraction of sp³-hybridized carbons (Fsp3) is 0.706. The molecule has 2 fully saturated rings. The van der Waals surface area contributed by atoms with Crippen LogP contribution in [0.5, 0.6) is 0 Å². The number of aromatic nitrogens is 2. The van der Waals surface area contributed by atoms with E-state index in [1.165, 1.54) is 0 Å². The van der Waals surface area contributed by atoms with Gasteiger partial charge in [0, 0.05) is 25.8 Å². The molecule has 0 saturated carbocycles. The smallest absolute Gasteiger partial charge is 0.354 e. The first kappa shape index (κ1) is 19.7. The Morgan fingerprint density at radius 1 is 1.30 bits per heavy atom. The summed E-state index contributed by atoms with van der Waals surface area (Å²) in [6.45, 7) is 2.20. The topological polar surface area (TPSA) is 79.3 Å². The highest BCUT2D eigenvalue weighted by molar-refractivity contribution is 5.82. The van der Waals surface area contributed by atoms with E-state index < -0.39 is 11.9 Å². The summed E-state index contributed by atoms with van der Waals surface area (Å²) in [6.07, 6.45) is 0.190. The zero-order valence-corrected chi connectivity index (χ0v) is 15.0. The van der Waals surface area contributed by atoms with E-state index in [-0.39, 0.29) is 30.3 Å². The van der Waals surface area contributed by atoms with Gasteiger partial charge in [0.2, 0.25) is 11.8 Å². The first-order valence-electron chi connectivity index (χ1n) is 9.22. The van der Waals surface area contributed by atoms with Crippen LogP contribution in [0.25, 0.3) is 0 Å². The van der Waals surface area contributed by atoms with E-state index in [4.69, 9.17) is 0 Å². The van der Waals surface area contributed by atoms with Crippen molar-refractivity contribution in [1.29, 1.82) is 0 Å². The molecule has 10 heteroatoms. The first-order valence-corrected chi connectivity index (χ1v) is 9.22. The van der Waals surface area contributed by atoms with Crippen molar-refractivity contribution in [3.8, 4) is 0 Å². The van der Waals surface area contributed by atoms with Gasteiger partial charge in [0.05, 0.1) is 6.04 Å². The SMILES string of the molecule is O=C(NCC1CCCN(C(=O)Cn2ccc(C(F)(F)F)n2)C1)C1CCCN1. The Bertz CT molecular complexity index is 670. The van der Waals surface area contributed by atoms with Crippen LogP contribution in [0.3, 0.4) is 0 Å². The van der Waals surface area contributed by atoms with E-state index in [9.17, 15) is 22.8 Å². The molecule has 0 radical (unpaired) electrons. The summed E-state index contributed by atoms with van der Waals surface area (Å²) < 4.78 is 38.8. The van der Waals surface area contributed by atoms with Crippen LogP contribution in [0.1, 0.15) is 31.4 Å². The number of carbonyl (C=O) groups excluding carboxylic acids is 2. The van der Waals surface area contributed by atoms with Crippen LogP contribution in [0, 0.1) is 5.92 Å². The van der Waals surface area contributed by atoms with Crippen LogP contribution in [0.4, 0.5) is 13.2 Å². The van der Waals surface area contributed by atoms with Gasteiger partial charge in [-0.25, -0.2) is 0 Å². The van der Waals surface area contributed by atoms with Crippen molar-refractivity contribution in [1.82, 2.24) is 25.3 Å². The second-order valence-electron chi connectivity index (χ2n) is 7.14. The number of carbonyl (C=O) groups is 2. The standard InChI is InChI=1S/C17H24F3N5O2/c18-17(19,20)14-5-8-25(23-14)11-15(26)24-7-2-3-12(10-24)9-22-16(27)13-4-1-6-21-13/h5,8,12-13,21H,1-4,6-7,9-11H2,(H,22,27). The minimum Gasteiger partial charge on any atom is -0.354 e. The third-order valence-electron chi connectivity index (χ3n) is 5.04. The van der Waals surface area contributed by atoms with E-state index in [0.717, 1.165) is 49.2 Å². The summed E-state index contributed by atoms with van der Waals surface area (Å²) >= 11 is 0. The molecule has 2 amide bonds. The molecule has 2 aliphatic rings. The maximum atomic E-state index is 12.6. The normalized spacial score (nSPS) is 23.4. The Balaban J connectivity index is 1.47. The predicted octanol–water partition coefficient (Wildman–Crippen LogP) is 1.01. The number of hydrogen-bond acceptors (Lipinski definition) is 4. The second-order valence-corrected chi connectivity index (χ2v) is 7.14. The van der Waals surface area contributed by atoms with Gasteiger partial charge in [-0.1, -0.05) is 0 Å². The fourth-order valence-corrected chi connectivity index (χ4v) is 3.57. The lowest BCUT2D eigenvalue weighted by Gasteiger charge is -2.33. The highest BCUT2D eigenvalue weighted by Gasteiger charge is 2.34. The Kier molecular flexibility index (Phi) is 6.03. The molecular formula is C17H24F3N5O2. The molecule has 7 nitrogen and oxygen atoms in total. The van der Waals surface area contributed by atoms with Crippen LogP contribution >= 0.6 is 0 Å². The zero-order chi connectivity index (χ0) is 19.4. The molecule has 2 saturated heterocycles. The number of amides is 2. The summed E-state index contributed by atoms with van der Waals surface area (Å²) in [5.41, 5.74) is -1.00. The molecule has 150 valence electrons. The molecule has 1 aromatic heterocycles. The van der Waals surface area contributed by atoms with Crippen molar-refractivity contribution in [3.05, 3.63) is 18.0 Å². The number of halogens is 3. The second kappa shape index (κ2) is 8.28. The molecule has 0 spiro atoms. The summed E-state index contributed by atoms with van der Waals surface area (Å²) in [7, 11) is 0. The van der Waals surface area contributed by atoms with Crippen LogP contribution in [-0.2, 0) is 22.3 Å². The fourth-order valence-electron chi connectivity index (χ4n) is 3.57. The molecule has 1 aromatic rings. The van der Waals surface area contributed by atoms with Gasteiger partial charge in [-0.2, -0.15) is 18.3 Å². The number of piperidine rings is 1. The molecule has 2 unspecified atom stereocenters. The Morgan fingerprint density at radius 2 is 2.11 bits per heavy atom. The van der Waals surface area contributed by atoms with Gasteiger partial charge >= 0.3 is 6.18 Å². The van der Waals surface area contributed by atoms with Gasteiger partial charge in [-0.3, -0.25) is 14.3 Å². The maximum absolute atomic E-state index is 12.6. The highest BCUT2D eigenvalue weighted by Crippen LogP contribution is 2.27.